The van der Waals surface area contributed by atoms with Crippen molar-refractivity contribution in [3.05, 3.63) is 81.3 Å². The van der Waals surface area contributed by atoms with Crippen LogP contribution >= 0.6 is 0 Å². The predicted molar refractivity (Wildman–Crippen MR) is 110 cm³/mol. The standard InChI is InChI=1S/C22H23F2N3O2/c1-4-18(14-9-11-15(23)12-10-14)26-21(28)19-13(3)27(25-5-2)22(29)20-16(19)7-6-8-17(20)24/h6-12,18,25H,4-5H2,1-3H3,(H,26,28)/t18-/m0/s1. The number of hydrogen-bond donors (Lipinski definition) is 2. The lowest BCUT2D eigenvalue weighted by molar-refractivity contribution is 0.0936. The van der Waals surface area contributed by atoms with Gasteiger partial charge in [0.15, 0.2) is 0 Å². The fraction of sp³-hybridized carbons (Fsp3) is 0.273. The minimum atomic E-state index is -0.682. The van der Waals surface area contributed by atoms with Crippen molar-refractivity contribution in [2.24, 2.45) is 0 Å². The molecule has 1 atom stereocenters. The second-order valence-electron chi connectivity index (χ2n) is 6.76. The number of carbonyl (C=O) groups is 1. The molecule has 0 aliphatic heterocycles. The van der Waals surface area contributed by atoms with E-state index in [1.807, 2.05) is 6.92 Å². The summed E-state index contributed by atoms with van der Waals surface area (Å²) in [5, 5.41) is 3.05. The number of carbonyl (C=O) groups excluding carboxylic acids is 1. The molecule has 1 heterocycles. The van der Waals surface area contributed by atoms with E-state index in [4.69, 9.17) is 0 Å². The van der Waals surface area contributed by atoms with E-state index >= 15 is 0 Å². The molecule has 0 saturated heterocycles. The molecule has 0 bridgehead atoms. The quantitative estimate of drug-likeness (QED) is 0.658. The number of benzene rings is 2. The van der Waals surface area contributed by atoms with Crippen LogP contribution in [0.25, 0.3) is 10.8 Å². The first-order valence-corrected chi connectivity index (χ1v) is 9.53. The number of pyridine rings is 1. The fourth-order valence-electron chi connectivity index (χ4n) is 3.50. The second-order valence-corrected chi connectivity index (χ2v) is 6.76. The van der Waals surface area contributed by atoms with Gasteiger partial charge in [-0.15, -0.1) is 0 Å². The Labute approximate surface area is 167 Å². The monoisotopic (exact) mass is 399 g/mol. The van der Waals surface area contributed by atoms with Gasteiger partial charge in [-0.1, -0.05) is 31.2 Å². The molecule has 0 saturated carbocycles. The van der Waals surface area contributed by atoms with Crippen molar-refractivity contribution in [1.29, 1.82) is 0 Å². The molecule has 0 unspecified atom stereocenters. The van der Waals surface area contributed by atoms with Crippen LogP contribution in [0, 0.1) is 18.6 Å². The molecule has 1 aromatic heterocycles. The van der Waals surface area contributed by atoms with Gasteiger partial charge in [-0.3, -0.25) is 9.59 Å². The Hall–Kier alpha value is -3.22. The van der Waals surface area contributed by atoms with Crippen LogP contribution in [0.15, 0.2) is 47.3 Å². The molecule has 3 rings (SSSR count). The van der Waals surface area contributed by atoms with E-state index in [-0.39, 0.29) is 28.2 Å². The van der Waals surface area contributed by atoms with E-state index in [0.717, 1.165) is 5.56 Å². The SMILES string of the molecule is CCNn1c(C)c(C(=O)N[C@@H](CC)c2ccc(F)cc2)c2cccc(F)c2c1=O. The third-order valence-electron chi connectivity index (χ3n) is 4.93. The summed E-state index contributed by atoms with van der Waals surface area (Å²) < 4.78 is 28.9. The van der Waals surface area contributed by atoms with Crippen LogP contribution in [-0.4, -0.2) is 17.1 Å². The first-order chi connectivity index (χ1) is 13.9. The number of nitrogens with one attached hydrogen (secondary N) is 2. The zero-order valence-electron chi connectivity index (χ0n) is 16.6. The summed E-state index contributed by atoms with van der Waals surface area (Å²) in [6.45, 7) is 5.77. The zero-order valence-corrected chi connectivity index (χ0v) is 16.6. The normalized spacial score (nSPS) is 12.0. The molecule has 0 fully saturated rings. The summed E-state index contributed by atoms with van der Waals surface area (Å²) in [6, 6.07) is 9.80. The third-order valence-corrected chi connectivity index (χ3v) is 4.93. The van der Waals surface area contributed by atoms with Crippen LogP contribution in [0.3, 0.4) is 0 Å². The molecular formula is C22H23F2N3O2. The number of halogens is 2. The van der Waals surface area contributed by atoms with Gasteiger partial charge >= 0.3 is 0 Å². The van der Waals surface area contributed by atoms with Gasteiger partial charge < -0.3 is 10.7 Å². The molecule has 5 nitrogen and oxygen atoms in total. The lowest BCUT2D eigenvalue weighted by Crippen LogP contribution is -2.36. The predicted octanol–water partition coefficient (Wildman–Crippen LogP) is 4.03. The Bertz CT molecular complexity index is 1110. The lowest BCUT2D eigenvalue weighted by Gasteiger charge is -2.21. The molecular weight excluding hydrogens is 376 g/mol. The minimum absolute atomic E-state index is 0.140. The van der Waals surface area contributed by atoms with Gasteiger partial charge in [0.25, 0.3) is 11.5 Å². The van der Waals surface area contributed by atoms with Crippen molar-refractivity contribution >= 4 is 16.7 Å². The summed E-state index contributed by atoms with van der Waals surface area (Å²) in [4.78, 5) is 26.0. The smallest absolute Gasteiger partial charge is 0.279 e. The molecule has 0 aliphatic carbocycles. The van der Waals surface area contributed by atoms with E-state index in [1.165, 1.54) is 28.9 Å². The molecule has 152 valence electrons. The van der Waals surface area contributed by atoms with E-state index in [2.05, 4.69) is 10.7 Å². The largest absolute Gasteiger partial charge is 0.345 e. The number of nitrogens with zero attached hydrogens (tertiary/aromatic N) is 1. The van der Waals surface area contributed by atoms with Gasteiger partial charge in [-0.25, -0.2) is 13.5 Å². The summed E-state index contributed by atoms with van der Waals surface area (Å²) in [5.74, 6) is -1.47. The van der Waals surface area contributed by atoms with Crippen molar-refractivity contribution < 1.29 is 13.6 Å². The van der Waals surface area contributed by atoms with Gasteiger partial charge in [-0.05, 0) is 44.0 Å². The fourth-order valence-corrected chi connectivity index (χ4v) is 3.50. The first kappa shape index (κ1) is 20.5. The Kier molecular flexibility index (Phi) is 5.96. The maximum atomic E-state index is 14.5. The van der Waals surface area contributed by atoms with Crippen LogP contribution in [0.2, 0.25) is 0 Å². The Morgan fingerprint density at radius 3 is 2.41 bits per heavy atom. The van der Waals surface area contributed by atoms with Crippen molar-refractivity contribution in [3.8, 4) is 0 Å². The molecule has 29 heavy (non-hydrogen) atoms. The van der Waals surface area contributed by atoms with Crippen molar-refractivity contribution in [1.82, 2.24) is 9.99 Å². The van der Waals surface area contributed by atoms with Gasteiger partial charge in [0.1, 0.15) is 11.6 Å². The van der Waals surface area contributed by atoms with Crippen LogP contribution in [0.1, 0.15) is 47.9 Å². The topological polar surface area (TPSA) is 63.1 Å². The first-order valence-electron chi connectivity index (χ1n) is 9.53. The summed E-state index contributed by atoms with van der Waals surface area (Å²) in [7, 11) is 0. The highest BCUT2D eigenvalue weighted by atomic mass is 19.1. The van der Waals surface area contributed by atoms with Gasteiger partial charge in [-0.2, -0.15) is 0 Å². The van der Waals surface area contributed by atoms with Crippen LogP contribution < -0.4 is 16.3 Å². The molecule has 3 aromatic rings. The van der Waals surface area contributed by atoms with Crippen LogP contribution in [-0.2, 0) is 0 Å². The Morgan fingerprint density at radius 2 is 1.79 bits per heavy atom. The summed E-state index contributed by atoms with van der Waals surface area (Å²) in [6.07, 6.45) is 0.579. The van der Waals surface area contributed by atoms with Crippen molar-refractivity contribution in [2.45, 2.75) is 33.2 Å². The molecule has 0 spiro atoms. The third kappa shape index (κ3) is 3.85. The molecule has 7 heteroatoms. The molecule has 2 aromatic carbocycles. The number of aromatic nitrogens is 1. The van der Waals surface area contributed by atoms with Gasteiger partial charge in [0, 0.05) is 11.9 Å². The molecule has 0 aliphatic rings. The molecule has 2 N–H and O–H groups in total. The second kappa shape index (κ2) is 8.43. The maximum absolute atomic E-state index is 14.5. The van der Waals surface area contributed by atoms with Gasteiger partial charge in [0.2, 0.25) is 0 Å². The highest BCUT2D eigenvalue weighted by Crippen LogP contribution is 2.24. The average molecular weight is 399 g/mol. The highest BCUT2D eigenvalue weighted by molar-refractivity contribution is 6.08. The number of hydrogen-bond acceptors (Lipinski definition) is 3. The van der Waals surface area contributed by atoms with E-state index in [1.54, 1.807) is 32.0 Å². The average Bonchev–Trinajstić information content (AvgIpc) is 2.70. The van der Waals surface area contributed by atoms with E-state index in [0.29, 0.717) is 18.7 Å². The van der Waals surface area contributed by atoms with Crippen molar-refractivity contribution in [2.75, 3.05) is 12.0 Å². The van der Waals surface area contributed by atoms with Crippen molar-refractivity contribution in [3.63, 3.8) is 0 Å². The Balaban J connectivity index is 2.12. The number of fused-ring (bicyclic) bond motifs is 1. The number of amides is 1. The summed E-state index contributed by atoms with van der Waals surface area (Å²) in [5.41, 5.74) is 3.71. The number of rotatable bonds is 6. The highest BCUT2D eigenvalue weighted by Gasteiger charge is 2.23. The maximum Gasteiger partial charge on any atom is 0.279 e. The zero-order chi connectivity index (χ0) is 21.1. The Morgan fingerprint density at radius 1 is 1.10 bits per heavy atom. The van der Waals surface area contributed by atoms with Crippen LogP contribution in [0.4, 0.5) is 8.78 Å². The van der Waals surface area contributed by atoms with E-state index in [9.17, 15) is 18.4 Å². The minimum Gasteiger partial charge on any atom is -0.345 e. The van der Waals surface area contributed by atoms with Gasteiger partial charge in [0.05, 0.1) is 22.7 Å². The van der Waals surface area contributed by atoms with Crippen LogP contribution in [0.5, 0.6) is 0 Å². The lowest BCUT2D eigenvalue weighted by atomic mass is 10.0. The molecule has 0 radical (unpaired) electrons. The van der Waals surface area contributed by atoms with E-state index < -0.39 is 17.3 Å². The molecule has 1 amide bonds. The summed E-state index contributed by atoms with van der Waals surface area (Å²) >= 11 is 0.